The van der Waals surface area contributed by atoms with Crippen LogP contribution >= 0.6 is 23.5 Å². The Morgan fingerprint density at radius 3 is 1.30 bits per heavy atom. The fourth-order valence-electron chi connectivity index (χ4n) is 6.88. The largest absolute Gasteiger partial charge is 0.395 e. The minimum absolute atomic E-state index is 0.239. The van der Waals surface area contributed by atoms with E-state index in [-0.39, 0.29) is 6.61 Å². The van der Waals surface area contributed by atoms with Crippen molar-refractivity contribution in [3.63, 3.8) is 0 Å². The van der Waals surface area contributed by atoms with Crippen LogP contribution in [0, 0.1) is 0 Å². The summed E-state index contributed by atoms with van der Waals surface area (Å²) in [6.07, 6.45) is 40.8. The van der Waals surface area contributed by atoms with Crippen molar-refractivity contribution < 1.29 is 14.7 Å². The summed E-state index contributed by atoms with van der Waals surface area (Å²) in [5, 5.41) is 10.9. The lowest BCUT2D eigenvalue weighted by Crippen LogP contribution is -2.29. The molecule has 0 amide bonds. The van der Waals surface area contributed by atoms with Crippen LogP contribution in [0.25, 0.3) is 0 Å². The lowest BCUT2D eigenvalue weighted by molar-refractivity contribution is -0.111. The van der Waals surface area contributed by atoms with E-state index in [1.165, 1.54) is 173 Å². The molecule has 0 aliphatic heterocycles. The molecule has 0 atom stereocenters. The number of rotatable bonds is 41. The van der Waals surface area contributed by atoms with E-state index in [0.717, 1.165) is 63.9 Å². The molecule has 0 aromatic carbocycles. The second-order valence-electron chi connectivity index (χ2n) is 15.2. The van der Waals surface area contributed by atoms with Crippen LogP contribution in [-0.4, -0.2) is 57.5 Å². The SMILES string of the molecule is CCCCCCCCCC(=O)SCCCCCCCN(CCO)CCCCCCCC(=O)SC(CCCCCCCC)CCCCCCCC. The zero-order valence-electron chi connectivity index (χ0n) is 34.0. The van der Waals surface area contributed by atoms with Gasteiger partial charge in [-0.3, -0.25) is 9.59 Å². The number of thioether (sulfide) groups is 2. The molecule has 298 valence electrons. The highest BCUT2D eigenvalue weighted by atomic mass is 32.2. The average Bonchev–Trinajstić information content (AvgIpc) is 3.11. The van der Waals surface area contributed by atoms with Crippen molar-refractivity contribution in [3.8, 4) is 0 Å². The Morgan fingerprint density at radius 1 is 0.460 bits per heavy atom. The van der Waals surface area contributed by atoms with Gasteiger partial charge in [0, 0.05) is 30.4 Å². The van der Waals surface area contributed by atoms with Crippen LogP contribution in [0.4, 0.5) is 0 Å². The molecule has 0 aliphatic rings. The van der Waals surface area contributed by atoms with Crippen molar-refractivity contribution in [2.24, 2.45) is 0 Å². The molecule has 0 aliphatic carbocycles. The van der Waals surface area contributed by atoms with Crippen molar-refractivity contribution in [3.05, 3.63) is 0 Å². The summed E-state index contributed by atoms with van der Waals surface area (Å²) in [5.41, 5.74) is 0. The maximum Gasteiger partial charge on any atom is 0.189 e. The molecule has 0 saturated carbocycles. The lowest BCUT2D eigenvalue weighted by atomic mass is 10.0. The standard InChI is InChI=1S/C44H87NO3S2/c1-4-7-10-13-16-21-28-35-43(47)49-41-32-25-18-24-31-38-45(39-40-46)37-30-23-17-22-29-36-44(48)50-42(33-26-19-14-11-8-5-2)34-27-20-15-12-9-6-3/h42,46H,4-41H2,1-3H3. The van der Waals surface area contributed by atoms with Gasteiger partial charge in [-0.1, -0.05) is 198 Å². The van der Waals surface area contributed by atoms with Crippen molar-refractivity contribution in [2.75, 3.05) is 32.0 Å². The third-order valence-electron chi connectivity index (χ3n) is 10.2. The Hall–Kier alpha value is -0.0400. The van der Waals surface area contributed by atoms with E-state index >= 15 is 0 Å². The molecule has 50 heavy (non-hydrogen) atoms. The van der Waals surface area contributed by atoms with Gasteiger partial charge in [-0.15, -0.1) is 0 Å². The first kappa shape index (κ1) is 50.0. The molecule has 0 unspecified atom stereocenters. The molecule has 1 N–H and O–H groups in total. The predicted molar refractivity (Wildman–Crippen MR) is 227 cm³/mol. The summed E-state index contributed by atoms with van der Waals surface area (Å²) >= 11 is 3.26. The molecule has 0 radical (unpaired) electrons. The van der Waals surface area contributed by atoms with E-state index < -0.39 is 0 Å². The van der Waals surface area contributed by atoms with E-state index in [2.05, 4.69) is 25.7 Å². The van der Waals surface area contributed by atoms with E-state index in [9.17, 15) is 14.7 Å². The van der Waals surface area contributed by atoms with E-state index in [1.807, 2.05) is 0 Å². The quantitative estimate of drug-likeness (QED) is 0.0630. The van der Waals surface area contributed by atoms with Gasteiger partial charge in [-0.05, 0) is 58.0 Å². The summed E-state index contributed by atoms with van der Waals surface area (Å²) < 4.78 is 0. The zero-order valence-corrected chi connectivity index (χ0v) is 35.6. The van der Waals surface area contributed by atoms with E-state index in [4.69, 9.17) is 0 Å². The molecular weight excluding hydrogens is 655 g/mol. The first-order valence-electron chi connectivity index (χ1n) is 22.3. The molecule has 0 bridgehead atoms. The number of hydrogen-bond acceptors (Lipinski definition) is 6. The Morgan fingerprint density at radius 2 is 0.840 bits per heavy atom. The van der Waals surface area contributed by atoms with E-state index in [1.54, 1.807) is 23.5 Å². The first-order chi connectivity index (χ1) is 24.6. The molecule has 4 nitrogen and oxygen atoms in total. The third-order valence-corrected chi connectivity index (χ3v) is 12.5. The highest BCUT2D eigenvalue weighted by molar-refractivity contribution is 8.14. The molecule has 0 aromatic rings. The molecule has 0 rings (SSSR count). The van der Waals surface area contributed by atoms with Gasteiger partial charge in [-0.25, -0.2) is 0 Å². The number of carbonyl (C=O) groups excluding carboxylic acids is 2. The molecule has 0 spiro atoms. The number of nitrogens with zero attached hydrogens (tertiary/aromatic N) is 1. The first-order valence-corrected chi connectivity index (χ1v) is 24.1. The predicted octanol–water partition coefficient (Wildman–Crippen LogP) is 14.1. The van der Waals surface area contributed by atoms with Crippen molar-refractivity contribution in [1.82, 2.24) is 4.90 Å². The summed E-state index contributed by atoms with van der Waals surface area (Å²) in [7, 11) is 0. The maximum atomic E-state index is 12.9. The summed E-state index contributed by atoms with van der Waals surface area (Å²) in [4.78, 5) is 27.4. The molecular formula is C44H87NO3S2. The topological polar surface area (TPSA) is 57.6 Å². The number of aliphatic hydroxyl groups is 1. The van der Waals surface area contributed by atoms with Gasteiger partial charge in [0.15, 0.2) is 10.2 Å². The Kier molecular flexibility index (Phi) is 41.7. The average molecular weight is 742 g/mol. The normalized spacial score (nSPS) is 11.7. The van der Waals surface area contributed by atoms with Gasteiger partial charge in [-0.2, -0.15) is 0 Å². The monoisotopic (exact) mass is 742 g/mol. The second-order valence-corrected chi connectivity index (χ2v) is 17.7. The number of hydrogen-bond donors (Lipinski definition) is 1. The summed E-state index contributed by atoms with van der Waals surface area (Å²) in [6, 6.07) is 0. The smallest absolute Gasteiger partial charge is 0.189 e. The van der Waals surface area contributed by atoms with Gasteiger partial charge in [0.05, 0.1) is 6.61 Å². The molecule has 6 heteroatoms. The second kappa shape index (κ2) is 41.7. The van der Waals surface area contributed by atoms with Crippen molar-refractivity contribution in [1.29, 1.82) is 0 Å². The van der Waals surface area contributed by atoms with Crippen LogP contribution in [0.2, 0.25) is 0 Å². The summed E-state index contributed by atoms with van der Waals surface area (Å²) in [6.45, 7) is 9.98. The highest BCUT2D eigenvalue weighted by Crippen LogP contribution is 2.27. The molecule has 0 fully saturated rings. The molecule has 0 saturated heterocycles. The van der Waals surface area contributed by atoms with Crippen LogP contribution in [0.15, 0.2) is 0 Å². The van der Waals surface area contributed by atoms with Gasteiger partial charge in [0.2, 0.25) is 0 Å². The molecule has 0 heterocycles. The van der Waals surface area contributed by atoms with Gasteiger partial charge < -0.3 is 10.0 Å². The van der Waals surface area contributed by atoms with Crippen LogP contribution < -0.4 is 0 Å². The number of carbonyl (C=O) groups is 2. The van der Waals surface area contributed by atoms with Gasteiger partial charge in [0.1, 0.15) is 0 Å². The fourth-order valence-corrected chi connectivity index (χ4v) is 8.94. The van der Waals surface area contributed by atoms with Crippen LogP contribution in [0.1, 0.15) is 233 Å². The minimum Gasteiger partial charge on any atom is -0.395 e. The zero-order chi connectivity index (χ0) is 36.6. The highest BCUT2D eigenvalue weighted by Gasteiger charge is 2.14. The van der Waals surface area contributed by atoms with Crippen LogP contribution in [0.5, 0.6) is 0 Å². The maximum absolute atomic E-state index is 12.9. The van der Waals surface area contributed by atoms with Gasteiger partial charge >= 0.3 is 0 Å². The van der Waals surface area contributed by atoms with Crippen molar-refractivity contribution >= 4 is 33.8 Å². The molecule has 0 aromatic heterocycles. The Bertz CT molecular complexity index is 691. The fraction of sp³-hybridized carbons (Fsp3) is 0.955. The third kappa shape index (κ3) is 37.7. The van der Waals surface area contributed by atoms with Crippen LogP contribution in [0.3, 0.4) is 0 Å². The Labute approximate surface area is 322 Å². The Balaban J connectivity index is 3.93. The lowest BCUT2D eigenvalue weighted by Gasteiger charge is -2.21. The van der Waals surface area contributed by atoms with Crippen LogP contribution in [-0.2, 0) is 9.59 Å². The number of unbranched alkanes of at least 4 members (excludes halogenated alkanes) is 24. The van der Waals surface area contributed by atoms with Gasteiger partial charge in [0.25, 0.3) is 0 Å². The van der Waals surface area contributed by atoms with Crippen molar-refractivity contribution in [2.45, 2.75) is 238 Å². The summed E-state index contributed by atoms with van der Waals surface area (Å²) in [5.74, 6) is 0.984. The minimum atomic E-state index is 0.239. The van der Waals surface area contributed by atoms with E-state index in [0.29, 0.717) is 15.5 Å². The number of aliphatic hydroxyl groups excluding tert-OH is 1.